The number of aromatic nitrogens is 3. The lowest BCUT2D eigenvalue weighted by Crippen LogP contribution is -2.17. The second-order valence-corrected chi connectivity index (χ2v) is 5.91. The fourth-order valence-corrected chi connectivity index (χ4v) is 2.76. The zero-order valence-electron chi connectivity index (χ0n) is 14.5. The van der Waals surface area contributed by atoms with Crippen molar-refractivity contribution in [1.29, 1.82) is 10.8 Å². The summed E-state index contributed by atoms with van der Waals surface area (Å²) in [5.74, 6) is 0.838. The van der Waals surface area contributed by atoms with Gasteiger partial charge in [-0.3, -0.25) is 5.41 Å². The van der Waals surface area contributed by atoms with Gasteiger partial charge in [0.05, 0.1) is 0 Å². The lowest BCUT2D eigenvalue weighted by Gasteiger charge is -2.17. The van der Waals surface area contributed by atoms with Crippen LogP contribution in [0.15, 0.2) is 23.3 Å². The molecule has 0 amide bonds. The number of nitrogens with two attached hydrogens (primary N) is 1. The first kappa shape index (κ1) is 17.9. The van der Waals surface area contributed by atoms with Gasteiger partial charge < -0.3 is 16.5 Å². The van der Waals surface area contributed by atoms with Crippen LogP contribution in [0.1, 0.15) is 51.9 Å². The monoisotopic (exact) mass is 329 g/mol. The number of rotatable bonds is 8. The van der Waals surface area contributed by atoms with E-state index in [1.807, 2.05) is 0 Å². The van der Waals surface area contributed by atoms with Crippen molar-refractivity contribution in [2.75, 3.05) is 18.1 Å². The van der Waals surface area contributed by atoms with Crippen LogP contribution in [0.25, 0.3) is 0 Å². The van der Waals surface area contributed by atoms with E-state index in [-0.39, 0.29) is 11.8 Å². The Morgan fingerprint density at radius 2 is 2.04 bits per heavy atom. The molecular formula is C17H27N7. The Morgan fingerprint density at radius 3 is 2.71 bits per heavy atom. The summed E-state index contributed by atoms with van der Waals surface area (Å²) in [4.78, 5) is 4.02. The third-order valence-corrected chi connectivity index (χ3v) is 4.10. The number of nitrogens with one attached hydrogen (secondary N) is 3. The molecule has 1 aliphatic carbocycles. The summed E-state index contributed by atoms with van der Waals surface area (Å²) < 4.78 is 1.32. The van der Waals surface area contributed by atoms with Crippen molar-refractivity contribution >= 4 is 23.4 Å². The molecule has 0 unspecified atom stereocenters. The molecule has 1 aliphatic rings. The van der Waals surface area contributed by atoms with Gasteiger partial charge in [0.1, 0.15) is 5.84 Å². The molecule has 130 valence electrons. The van der Waals surface area contributed by atoms with Crippen LogP contribution in [-0.4, -0.2) is 33.4 Å². The Hall–Kier alpha value is -2.44. The van der Waals surface area contributed by atoms with Crippen LogP contribution < -0.4 is 11.1 Å². The van der Waals surface area contributed by atoms with Gasteiger partial charge in [-0.05, 0) is 43.3 Å². The molecular weight excluding hydrogens is 302 g/mol. The van der Waals surface area contributed by atoms with Crippen molar-refractivity contribution in [3.05, 3.63) is 23.3 Å². The van der Waals surface area contributed by atoms with Crippen LogP contribution in [0.5, 0.6) is 0 Å². The first-order valence-electron chi connectivity index (χ1n) is 8.52. The summed E-state index contributed by atoms with van der Waals surface area (Å²) in [5, 5.41) is 23.5. The van der Waals surface area contributed by atoms with E-state index in [0.29, 0.717) is 24.5 Å². The standard InChI is InChI=1S/C17H27N7/c1-3-4-7-12-8-5-6-9-13(12)14(18)10-11-15(19)24-16(20)22-17(21-2)23-24/h8-9,18-19H,3-7,10-11H2,1-2H3,(H3,20,21,22,23). The first-order chi connectivity index (χ1) is 11.6. The van der Waals surface area contributed by atoms with E-state index in [0.717, 1.165) is 37.7 Å². The van der Waals surface area contributed by atoms with Gasteiger partial charge in [-0.1, -0.05) is 25.5 Å². The third-order valence-electron chi connectivity index (χ3n) is 4.10. The maximum Gasteiger partial charge on any atom is 0.244 e. The number of unbranched alkanes of at least 4 members (excludes halogenated alkanes) is 1. The second kappa shape index (κ2) is 8.42. The fraction of sp³-hybridized carbons (Fsp3) is 0.529. The molecule has 0 bridgehead atoms. The quantitative estimate of drug-likeness (QED) is 0.432. The Kier molecular flexibility index (Phi) is 6.28. The molecule has 7 nitrogen and oxygen atoms in total. The summed E-state index contributed by atoms with van der Waals surface area (Å²) in [6.07, 6.45) is 10.7. The highest BCUT2D eigenvalue weighted by atomic mass is 15.4. The average Bonchev–Trinajstić information content (AvgIpc) is 2.98. The number of nitrogen functional groups attached to an aromatic ring is 1. The maximum atomic E-state index is 8.41. The Morgan fingerprint density at radius 1 is 1.29 bits per heavy atom. The smallest absolute Gasteiger partial charge is 0.244 e. The van der Waals surface area contributed by atoms with E-state index < -0.39 is 0 Å². The summed E-state index contributed by atoms with van der Waals surface area (Å²) in [5.41, 5.74) is 8.72. The van der Waals surface area contributed by atoms with Crippen molar-refractivity contribution in [3.8, 4) is 0 Å². The lowest BCUT2D eigenvalue weighted by atomic mass is 9.89. The molecule has 5 N–H and O–H groups in total. The minimum atomic E-state index is 0.191. The Balaban J connectivity index is 1.96. The molecule has 0 saturated carbocycles. The number of hydrogen-bond acceptors (Lipinski definition) is 6. The van der Waals surface area contributed by atoms with E-state index >= 15 is 0 Å². The minimum absolute atomic E-state index is 0.191. The molecule has 0 fully saturated rings. The van der Waals surface area contributed by atoms with Gasteiger partial charge in [-0.25, -0.2) is 0 Å². The van der Waals surface area contributed by atoms with Gasteiger partial charge in [-0.2, -0.15) is 9.67 Å². The number of nitrogens with zero attached hydrogens (tertiary/aromatic N) is 3. The molecule has 0 atom stereocenters. The summed E-state index contributed by atoms with van der Waals surface area (Å²) >= 11 is 0. The van der Waals surface area contributed by atoms with Crippen LogP contribution in [0.2, 0.25) is 0 Å². The van der Waals surface area contributed by atoms with Crippen LogP contribution in [0.3, 0.4) is 0 Å². The van der Waals surface area contributed by atoms with Crippen molar-refractivity contribution in [1.82, 2.24) is 14.8 Å². The topological polar surface area (TPSA) is 116 Å². The molecule has 1 heterocycles. The van der Waals surface area contributed by atoms with Gasteiger partial charge in [-0.15, -0.1) is 5.10 Å². The molecule has 0 aromatic carbocycles. The van der Waals surface area contributed by atoms with Crippen molar-refractivity contribution in [2.45, 2.75) is 51.9 Å². The average molecular weight is 329 g/mol. The highest BCUT2D eigenvalue weighted by Gasteiger charge is 2.16. The molecule has 24 heavy (non-hydrogen) atoms. The fourth-order valence-electron chi connectivity index (χ4n) is 2.76. The van der Waals surface area contributed by atoms with Gasteiger partial charge in [0, 0.05) is 19.2 Å². The van der Waals surface area contributed by atoms with Crippen molar-refractivity contribution < 1.29 is 0 Å². The summed E-state index contributed by atoms with van der Waals surface area (Å²) in [6.45, 7) is 2.18. The maximum absolute atomic E-state index is 8.41. The lowest BCUT2D eigenvalue weighted by molar-refractivity contribution is 0.783. The second-order valence-electron chi connectivity index (χ2n) is 5.91. The van der Waals surface area contributed by atoms with E-state index in [1.165, 1.54) is 10.3 Å². The van der Waals surface area contributed by atoms with Crippen LogP contribution in [0.4, 0.5) is 11.9 Å². The van der Waals surface area contributed by atoms with Crippen LogP contribution in [-0.2, 0) is 0 Å². The zero-order valence-corrected chi connectivity index (χ0v) is 14.5. The van der Waals surface area contributed by atoms with Gasteiger partial charge in [0.2, 0.25) is 11.9 Å². The Bertz CT molecular complexity index is 666. The molecule has 0 radical (unpaired) electrons. The molecule has 0 aliphatic heterocycles. The van der Waals surface area contributed by atoms with Gasteiger partial charge in [0.25, 0.3) is 0 Å². The van der Waals surface area contributed by atoms with Crippen molar-refractivity contribution in [3.63, 3.8) is 0 Å². The molecule has 7 heteroatoms. The minimum Gasteiger partial charge on any atom is -0.368 e. The molecule has 2 rings (SSSR count). The molecule has 1 aromatic heterocycles. The van der Waals surface area contributed by atoms with Gasteiger partial charge >= 0.3 is 0 Å². The Labute approximate surface area is 143 Å². The highest BCUT2D eigenvalue weighted by Crippen LogP contribution is 2.25. The highest BCUT2D eigenvalue weighted by molar-refractivity contribution is 6.03. The third kappa shape index (κ3) is 4.31. The summed E-state index contributed by atoms with van der Waals surface area (Å²) in [7, 11) is 1.71. The summed E-state index contributed by atoms with van der Waals surface area (Å²) in [6, 6.07) is 0. The van der Waals surface area contributed by atoms with Gasteiger partial charge in [0.15, 0.2) is 0 Å². The number of anilines is 2. The molecule has 0 saturated heterocycles. The predicted octanol–water partition coefficient (Wildman–Crippen LogP) is 3.36. The SMILES string of the molecule is CCCCC1=CCCC=C1C(=N)CCC(=N)n1nc(NC)nc1N. The van der Waals surface area contributed by atoms with Crippen molar-refractivity contribution in [2.24, 2.45) is 0 Å². The van der Waals surface area contributed by atoms with E-state index in [9.17, 15) is 0 Å². The van der Waals surface area contributed by atoms with E-state index in [2.05, 4.69) is 34.5 Å². The number of allylic oxidation sites excluding steroid dienone is 4. The largest absolute Gasteiger partial charge is 0.368 e. The zero-order chi connectivity index (χ0) is 17.5. The number of hydrogen-bond donors (Lipinski definition) is 4. The molecule has 0 spiro atoms. The first-order valence-corrected chi connectivity index (χ1v) is 8.52. The normalized spacial score (nSPS) is 14.1. The predicted molar refractivity (Wildman–Crippen MR) is 99.0 cm³/mol. The van der Waals surface area contributed by atoms with Crippen LogP contribution in [0, 0.1) is 10.8 Å². The van der Waals surface area contributed by atoms with E-state index in [1.54, 1.807) is 7.05 Å². The van der Waals surface area contributed by atoms with E-state index in [4.69, 9.17) is 16.6 Å². The molecule has 1 aromatic rings. The van der Waals surface area contributed by atoms with Crippen LogP contribution >= 0.6 is 0 Å².